The van der Waals surface area contributed by atoms with Crippen LogP contribution in [0.5, 0.6) is 0 Å². The Morgan fingerprint density at radius 1 is 1.39 bits per heavy atom. The van der Waals surface area contributed by atoms with Gasteiger partial charge in [-0.25, -0.2) is 14.4 Å². The van der Waals surface area contributed by atoms with Crippen LogP contribution in [-0.4, -0.2) is 35.1 Å². The van der Waals surface area contributed by atoms with Crippen molar-refractivity contribution in [2.45, 2.75) is 45.2 Å². The summed E-state index contributed by atoms with van der Waals surface area (Å²) in [6.45, 7) is 6.18. The molecule has 2 rings (SSSR count). The fraction of sp³-hybridized carbons (Fsp3) is 0.692. The summed E-state index contributed by atoms with van der Waals surface area (Å²) in [5.74, 6) is 0.219. The molecule has 5 heteroatoms. The lowest BCUT2D eigenvalue weighted by Crippen LogP contribution is -2.46. The molecule has 1 unspecified atom stereocenters. The van der Waals surface area contributed by atoms with Crippen LogP contribution in [0.15, 0.2) is 12.4 Å². The van der Waals surface area contributed by atoms with Crippen molar-refractivity contribution in [3.05, 3.63) is 18.2 Å². The zero-order valence-electron chi connectivity index (χ0n) is 11.1. The molecule has 4 nitrogen and oxygen atoms in total. The summed E-state index contributed by atoms with van der Waals surface area (Å²) in [5.41, 5.74) is 0. The third-order valence-electron chi connectivity index (χ3n) is 3.32. The second-order valence-electron chi connectivity index (χ2n) is 5.09. The van der Waals surface area contributed by atoms with Crippen LogP contribution >= 0.6 is 0 Å². The molecule has 100 valence electrons. The van der Waals surface area contributed by atoms with E-state index < -0.39 is 5.82 Å². The van der Waals surface area contributed by atoms with Gasteiger partial charge in [0.1, 0.15) is 0 Å². The van der Waals surface area contributed by atoms with E-state index in [0.717, 1.165) is 13.1 Å². The molecule has 1 aromatic heterocycles. The molecule has 1 N–H and O–H groups in total. The quantitative estimate of drug-likeness (QED) is 0.889. The fourth-order valence-electron chi connectivity index (χ4n) is 2.29. The lowest BCUT2D eigenvalue weighted by molar-refractivity contribution is 0.391. The largest absolute Gasteiger partial charge is 0.337 e. The van der Waals surface area contributed by atoms with Gasteiger partial charge in [-0.3, -0.25) is 0 Å². The van der Waals surface area contributed by atoms with Gasteiger partial charge in [0.05, 0.1) is 12.4 Å². The summed E-state index contributed by atoms with van der Waals surface area (Å²) in [7, 11) is 0. The Hall–Kier alpha value is -1.23. The third kappa shape index (κ3) is 3.38. The third-order valence-corrected chi connectivity index (χ3v) is 3.32. The summed E-state index contributed by atoms with van der Waals surface area (Å²) in [6.07, 6.45) is 6.17. The first-order chi connectivity index (χ1) is 8.66. The molecule has 1 fully saturated rings. The standard InChI is InChI=1S/C13H21FN4/c1-10(2)18(9-12-5-3-4-6-15-12)13-16-7-11(14)8-17-13/h7-8,10,12,15H,3-6,9H2,1-2H3. The van der Waals surface area contributed by atoms with Crippen molar-refractivity contribution in [3.63, 3.8) is 0 Å². The maximum atomic E-state index is 12.9. The van der Waals surface area contributed by atoms with Crippen LogP contribution in [0.25, 0.3) is 0 Å². The lowest BCUT2D eigenvalue weighted by Gasteiger charge is -2.33. The molecule has 1 aromatic rings. The molecule has 1 saturated heterocycles. The lowest BCUT2D eigenvalue weighted by atomic mass is 10.0. The molecule has 1 aliphatic heterocycles. The molecule has 0 aliphatic carbocycles. The number of nitrogens with zero attached hydrogens (tertiary/aromatic N) is 3. The van der Waals surface area contributed by atoms with Crippen molar-refractivity contribution in [2.75, 3.05) is 18.0 Å². The molecule has 1 atom stereocenters. The Kier molecular flexibility index (Phi) is 4.47. The van der Waals surface area contributed by atoms with Crippen LogP contribution in [0, 0.1) is 5.82 Å². The van der Waals surface area contributed by atoms with Crippen molar-refractivity contribution in [3.8, 4) is 0 Å². The summed E-state index contributed by atoms with van der Waals surface area (Å²) in [6, 6.07) is 0.786. The highest BCUT2D eigenvalue weighted by molar-refractivity contribution is 5.30. The van der Waals surface area contributed by atoms with Crippen LogP contribution in [0.4, 0.5) is 10.3 Å². The summed E-state index contributed by atoms with van der Waals surface area (Å²) < 4.78 is 12.9. The molecule has 0 saturated carbocycles. The van der Waals surface area contributed by atoms with Gasteiger partial charge in [-0.1, -0.05) is 6.42 Å². The van der Waals surface area contributed by atoms with E-state index in [4.69, 9.17) is 0 Å². The maximum Gasteiger partial charge on any atom is 0.225 e. The summed E-state index contributed by atoms with van der Waals surface area (Å²) in [4.78, 5) is 10.3. The highest BCUT2D eigenvalue weighted by Gasteiger charge is 2.20. The van der Waals surface area contributed by atoms with E-state index in [1.165, 1.54) is 31.7 Å². The van der Waals surface area contributed by atoms with Gasteiger partial charge in [-0.15, -0.1) is 0 Å². The zero-order chi connectivity index (χ0) is 13.0. The molecular formula is C13H21FN4. The highest BCUT2D eigenvalue weighted by Crippen LogP contribution is 2.15. The van der Waals surface area contributed by atoms with E-state index in [2.05, 4.69) is 34.0 Å². The smallest absolute Gasteiger partial charge is 0.225 e. The maximum absolute atomic E-state index is 12.9. The van der Waals surface area contributed by atoms with Gasteiger partial charge >= 0.3 is 0 Å². The van der Waals surface area contributed by atoms with Crippen LogP contribution < -0.4 is 10.2 Å². The predicted molar refractivity (Wildman–Crippen MR) is 70.1 cm³/mol. The SMILES string of the molecule is CC(C)N(CC1CCCCN1)c1ncc(F)cn1. The van der Waals surface area contributed by atoms with Gasteiger partial charge in [0.15, 0.2) is 5.82 Å². The summed E-state index contributed by atoms with van der Waals surface area (Å²) in [5, 5.41) is 3.51. The molecule has 18 heavy (non-hydrogen) atoms. The van der Waals surface area contributed by atoms with Crippen LogP contribution in [-0.2, 0) is 0 Å². The van der Waals surface area contributed by atoms with Crippen LogP contribution in [0.3, 0.4) is 0 Å². The van der Waals surface area contributed by atoms with E-state index in [-0.39, 0.29) is 0 Å². The molecular weight excluding hydrogens is 231 g/mol. The number of hydrogen-bond donors (Lipinski definition) is 1. The van der Waals surface area contributed by atoms with E-state index in [0.29, 0.717) is 18.0 Å². The summed E-state index contributed by atoms with van der Waals surface area (Å²) >= 11 is 0. The number of rotatable bonds is 4. The number of hydrogen-bond acceptors (Lipinski definition) is 4. The second kappa shape index (κ2) is 6.09. The molecule has 0 spiro atoms. The average Bonchev–Trinajstić information content (AvgIpc) is 2.38. The van der Waals surface area contributed by atoms with E-state index >= 15 is 0 Å². The fourth-order valence-corrected chi connectivity index (χ4v) is 2.29. The average molecular weight is 252 g/mol. The Bertz CT molecular complexity index is 360. The van der Waals surface area contributed by atoms with Gasteiger partial charge in [-0.2, -0.15) is 0 Å². The number of piperidine rings is 1. The number of anilines is 1. The van der Waals surface area contributed by atoms with Crippen molar-refractivity contribution in [2.24, 2.45) is 0 Å². The topological polar surface area (TPSA) is 41.0 Å². The van der Waals surface area contributed by atoms with Crippen molar-refractivity contribution in [1.29, 1.82) is 0 Å². The second-order valence-corrected chi connectivity index (χ2v) is 5.09. The molecule has 0 bridgehead atoms. The van der Waals surface area contributed by atoms with Crippen LogP contribution in [0.2, 0.25) is 0 Å². The normalized spacial score (nSPS) is 20.1. The minimum atomic E-state index is -0.391. The zero-order valence-corrected chi connectivity index (χ0v) is 11.1. The van der Waals surface area contributed by atoms with E-state index in [1.54, 1.807) is 0 Å². The molecule has 0 aromatic carbocycles. The Morgan fingerprint density at radius 2 is 2.11 bits per heavy atom. The molecule has 1 aliphatic rings. The number of nitrogens with one attached hydrogen (secondary N) is 1. The molecule has 0 amide bonds. The van der Waals surface area contributed by atoms with Gasteiger partial charge < -0.3 is 10.2 Å². The monoisotopic (exact) mass is 252 g/mol. The number of halogens is 1. The first kappa shape index (κ1) is 13.2. The molecule has 2 heterocycles. The predicted octanol–water partition coefficient (Wildman–Crippen LogP) is 1.97. The highest BCUT2D eigenvalue weighted by atomic mass is 19.1. The molecule has 0 radical (unpaired) electrons. The van der Waals surface area contributed by atoms with Gasteiger partial charge in [0.2, 0.25) is 5.95 Å². The minimum absolute atomic E-state index is 0.305. The van der Waals surface area contributed by atoms with Gasteiger partial charge in [0.25, 0.3) is 0 Å². The van der Waals surface area contributed by atoms with Gasteiger partial charge in [-0.05, 0) is 33.2 Å². The van der Waals surface area contributed by atoms with E-state index in [1.807, 2.05) is 0 Å². The van der Waals surface area contributed by atoms with Crippen LogP contribution in [0.1, 0.15) is 33.1 Å². The Balaban J connectivity index is 2.05. The number of aromatic nitrogens is 2. The van der Waals surface area contributed by atoms with Gasteiger partial charge in [0, 0.05) is 18.6 Å². The van der Waals surface area contributed by atoms with E-state index in [9.17, 15) is 4.39 Å². The van der Waals surface area contributed by atoms with Crippen molar-refractivity contribution >= 4 is 5.95 Å². The minimum Gasteiger partial charge on any atom is -0.337 e. The first-order valence-electron chi connectivity index (χ1n) is 6.64. The van der Waals surface area contributed by atoms with Crippen molar-refractivity contribution in [1.82, 2.24) is 15.3 Å². The Morgan fingerprint density at radius 3 is 2.67 bits per heavy atom. The first-order valence-corrected chi connectivity index (χ1v) is 6.64. The van der Waals surface area contributed by atoms with Crippen molar-refractivity contribution < 1.29 is 4.39 Å². The Labute approximate surface area is 108 Å².